The van der Waals surface area contributed by atoms with Gasteiger partial charge in [0, 0.05) is 6.42 Å². The van der Waals surface area contributed by atoms with Crippen LogP contribution in [-0.4, -0.2) is 0 Å². The van der Waals surface area contributed by atoms with E-state index < -0.39 is 0 Å². The Bertz CT molecular complexity index is 660. The highest BCUT2D eigenvalue weighted by molar-refractivity contribution is 6.35. The molecule has 0 radical (unpaired) electrons. The second-order valence-electron chi connectivity index (χ2n) is 4.67. The summed E-state index contributed by atoms with van der Waals surface area (Å²) in [4.78, 5) is 0. The molecule has 108 valence electrons. The summed E-state index contributed by atoms with van der Waals surface area (Å²) < 4.78 is 0. The molecule has 0 saturated carbocycles. The van der Waals surface area contributed by atoms with Gasteiger partial charge in [0.15, 0.2) is 0 Å². The molecule has 0 aliphatic carbocycles. The van der Waals surface area contributed by atoms with Gasteiger partial charge in [0.2, 0.25) is 0 Å². The third kappa shape index (κ3) is 2.92. The van der Waals surface area contributed by atoms with Crippen LogP contribution in [0.1, 0.15) is 22.3 Å². The van der Waals surface area contributed by atoms with Crippen molar-refractivity contribution >= 4 is 46.7 Å². The summed E-state index contributed by atoms with van der Waals surface area (Å²) in [5, 5.41) is 1.02. The van der Waals surface area contributed by atoms with Crippen molar-refractivity contribution in [1.29, 1.82) is 0 Å². The van der Waals surface area contributed by atoms with Crippen molar-refractivity contribution in [3.8, 4) is 0 Å². The van der Waals surface area contributed by atoms with Crippen molar-refractivity contribution in [2.45, 2.75) is 6.42 Å². The normalized spacial score (nSPS) is 10.4. The molecule has 2 rings (SSSR count). The van der Waals surface area contributed by atoms with Crippen molar-refractivity contribution in [1.82, 2.24) is 0 Å². The molecule has 0 aromatic heterocycles. The maximum absolute atomic E-state index is 6.22. The first-order chi connectivity index (χ1) is 9.99. The molecule has 2 aromatic rings. The lowest BCUT2D eigenvalue weighted by atomic mass is 9.99. The molecule has 0 unspecified atom stereocenters. The molecule has 0 bridgehead atoms. The Hall–Kier alpha value is -1.90. The molecular weight excluding hydrogens is 303 g/mol. The average Bonchev–Trinajstić information content (AvgIpc) is 2.49. The van der Waals surface area contributed by atoms with Crippen molar-refractivity contribution in [3.05, 3.63) is 69.7 Å². The Morgan fingerprint density at radius 3 is 1.52 bits per heavy atom. The summed E-state index contributed by atoms with van der Waals surface area (Å²) in [5.41, 5.74) is 16.7. The van der Waals surface area contributed by atoms with Crippen molar-refractivity contribution in [2.24, 2.45) is 0 Å². The third-order valence-corrected chi connectivity index (χ3v) is 4.26. The molecule has 0 amide bonds. The lowest BCUT2D eigenvalue weighted by molar-refractivity contribution is 1.20. The average molecular weight is 319 g/mol. The Morgan fingerprint density at radius 2 is 1.19 bits per heavy atom. The molecule has 4 N–H and O–H groups in total. The summed E-state index contributed by atoms with van der Waals surface area (Å²) in [7, 11) is 0. The fraction of sp³-hybridized carbons (Fsp3) is 0.0588. The molecule has 0 fully saturated rings. The first kappa shape index (κ1) is 15.5. The van der Waals surface area contributed by atoms with Crippen LogP contribution in [0.5, 0.6) is 0 Å². The van der Waals surface area contributed by atoms with Gasteiger partial charge in [-0.15, -0.1) is 0 Å². The minimum absolute atomic E-state index is 0.509. The number of benzene rings is 2. The number of rotatable bonds is 4. The van der Waals surface area contributed by atoms with Crippen LogP contribution in [0.4, 0.5) is 11.4 Å². The molecule has 0 atom stereocenters. The minimum Gasteiger partial charge on any atom is -0.397 e. The highest BCUT2D eigenvalue weighted by atomic mass is 35.5. The molecule has 0 saturated heterocycles. The fourth-order valence-electron chi connectivity index (χ4n) is 2.13. The Kier molecular flexibility index (Phi) is 4.61. The zero-order valence-electron chi connectivity index (χ0n) is 11.5. The van der Waals surface area contributed by atoms with Crippen LogP contribution in [-0.2, 0) is 6.42 Å². The van der Waals surface area contributed by atoms with Crippen LogP contribution in [0, 0.1) is 0 Å². The van der Waals surface area contributed by atoms with E-state index in [1.807, 2.05) is 24.3 Å². The van der Waals surface area contributed by atoms with E-state index in [0.717, 1.165) is 22.3 Å². The van der Waals surface area contributed by atoms with Gasteiger partial charge in [-0.25, -0.2) is 0 Å². The number of halogens is 2. The zero-order chi connectivity index (χ0) is 15.6. The van der Waals surface area contributed by atoms with Crippen LogP contribution in [0.25, 0.3) is 12.2 Å². The SMILES string of the molecule is C=Cc1ccc(Cc2ccc(C=C)c(Cl)c2N)c(N)c1Cl. The predicted octanol–water partition coefficient (Wildman–Crippen LogP) is 5.03. The first-order valence-electron chi connectivity index (χ1n) is 6.38. The summed E-state index contributed by atoms with van der Waals surface area (Å²) in [6.45, 7) is 7.41. The lowest BCUT2D eigenvalue weighted by Crippen LogP contribution is -2.02. The topological polar surface area (TPSA) is 52.0 Å². The quantitative estimate of drug-likeness (QED) is 0.776. The van der Waals surface area contributed by atoms with Gasteiger partial charge in [0.25, 0.3) is 0 Å². The van der Waals surface area contributed by atoms with E-state index in [9.17, 15) is 0 Å². The fourth-order valence-corrected chi connectivity index (χ4v) is 2.65. The summed E-state index contributed by atoms with van der Waals surface area (Å²) in [5.74, 6) is 0. The van der Waals surface area contributed by atoms with E-state index >= 15 is 0 Å². The smallest absolute Gasteiger partial charge is 0.0710 e. The largest absolute Gasteiger partial charge is 0.397 e. The van der Waals surface area contributed by atoms with E-state index in [1.54, 1.807) is 12.2 Å². The maximum Gasteiger partial charge on any atom is 0.0710 e. The minimum atomic E-state index is 0.509. The van der Waals surface area contributed by atoms with Crippen LogP contribution in [0.15, 0.2) is 37.4 Å². The Balaban J connectivity index is 2.44. The van der Waals surface area contributed by atoms with Crippen LogP contribution >= 0.6 is 23.2 Å². The van der Waals surface area contributed by atoms with Gasteiger partial charge in [-0.3, -0.25) is 0 Å². The maximum atomic E-state index is 6.22. The second-order valence-corrected chi connectivity index (χ2v) is 5.42. The molecule has 21 heavy (non-hydrogen) atoms. The summed E-state index contributed by atoms with van der Waals surface area (Å²) >= 11 is 12.4. The molecule has 0 aliphatic heterocycles. The van der Waals surface area contributed by atoms with Gasteiger partial charge in [0.1, 0.15) is 0 Å². The van der Waals surface area contributed by atoms with E-state index in [4.69, 9.17) is 34.7 Å². The van der Waals surface area contributed by atoms with Crippen LogP contribution in [0.2, 0.25) is 10.0 Å². The van der Waals surface area contributed by atoms with E-state index in [0.29, 0.717) is 27.8 Å². The molecule has 4 heteroatoms. The third-order valence-electron chi connectivity index (χ3n) is 3.42. The zero-order valence-corrected chi connectivity index (χ0v) is 13.0. The molecule has 0 aliphatic rings. The number of nitrogen functional groups attached to an aromatic ring is 2. The van der Waals surface area contributed by atoms with Crippen LogP contribution < -0.4 is 11.5 Å². The van der Waals surface area contributed by atoms with Gasteiger partial charge in [-0.05, 0) is 22.3 Å². The molecule has 0 spiro atoms. The van der Waals surface area contributed by atoms with Gasteiger partial charge in [-0.1, -0.05) is 72.8 Å². The number of anilines is 2. The molecule has 0 heterocycles. The standard InChI is InChI=1S/C17H16Cl2N2/c1-3-10-5-7-12(16(20)14(10)18)9-13-8-6-11(4-2)15(19)17(13)21/h3-8H,1-2,9,20-21H2. The van der Waals surface area contributed by atoms with E-state index in [-0.39, 0.29) is 0 Å². The van der Waals surface area contributed by atoms with Crippen molar-refractivity contribution < 1.29 is 0 Å². The summed E-state index contributed by atoms with van der Waals surface area (Å²) in [6, 6.07) is 7.62. The number of hydrogen-bond acceptors (Lipinski definition) is 2. The second kappa shape index (κ2) is 6.25. The molecule has 2 nitrogen and oxygen atoms in total. The Morgan fingerprint density at radius 1 is 0.810 bits per heavy atom. The lowest BCUT2D eigenvalue weighted by Gasteiger charge is -2.13. The van der Waals surface area contributed by atoms with Gasteiger partial charge in [-0.2, -0.15) is 0 Å². The monoisotopic (exact) mass is 318 g/mol. The molecular formula is C17H16Cl2N2. The van der Waals surface area contributed by atoms with Gasteiger partial charge < -0.3 is 11.5 Å². The van der Waals surface area contributed by atoms with Gasteiger partial charge >= 0.3 is 0 Å². The first-order valence-corrected chi connectivity index (χ1v) is 7.13. The predicted molar refractivity (Wildman–Crippen MR) is 94.7 cm³/mol. The van der Waals surface area contributed by atoms with E-state index in [1.165, 1.54) is 0 Å². The highest BCUT2D eigenvalue weighted by Crippen LogP contribution is 2.33. The van der Waals surface area contributed by atoms with Gasteiger partial charge in [0.05, 0.1) is 21.4 Å². The molecule has 2 aromatic carbocycles. The Labute approximate surface area is 134 Å². The van der Waals surface area contributed by atoms with Crippen molar-refractivity contribution in [3.63, 3.8) is 0 Å². The number of hydrogen-bond donors (Lipinski definition) is 2. The van der Waals surface area contributed by atoms with Crippen LogP contribution in [0.3, 0.4) is 0 Å². The summed E-state index contributed by atoms with van der Waals surface area (Å²) in [6.07, 6.45) is 3.91. The van der Waals surface area contributed by atoms with E-state index in [2.05, 4.69) is 13.2 Å². The van der Waals surface area contributed by atoms with Crippen molar-refractivity contribution in [2.75, 3.05) is 11.5 Å². The highest BCUT2D eigenvalue weighted by Gasteiger charge is 2.12. The number of nitrogens with two attached hydrogens (primary N) is 2.